The van der Waals surface area contributed by atoms with Gasteiger partial charge >= 0.3 is 5.97 Å². The topological polar surface area (TPSA) is 93.4 Å². The predicted molar refractivity (Wildman–Crippen MR) is 133 cm³/mol. The van der Waals surface area contributed by atoms with Gasteiger partial charge in [-0.25, -0.2) is 4.79 Å². The van der Waals surface area contributed by atoms with Gasteiger partial charge in [0.15, 0.2) is 28.8 Å². The highest BCUT2D eigenvalue weighted by Gasteiger charge is 2.24. The van der Waals surface area contributed by atoms with Gasteiger partial charge in [-0.15, -0.1) is 0 Å². The van der Waals surface area contributed by atoms with E-state index in [1.54, 1.807) is 42.5 Å². The normalized spacial score (nSPS) is 10.7. The molecule has 0 atom stereocenters. The van der Waals surface area contributed by atoms with Crippen molar-refractivity contribution in [3.63, 3.8) is 0 Å². The third kappa shape index (κ3) is 4.54. The first-order valence-corrected chi connectivity index (χ1v) is 11.1. The van der Waals surface area contributed by atoms with Crippen molar-refractivity contribution in [3.8, 4) is 40.1 Å². The lowest BCUT2D eigenvalue weighted by atomic mass is 10.1. The summed E-state index contributed by atoms with van der Waals surface area (Å²) in [6.07, 6.45) is 0. The zero-order chi connectivity index (χ0) is 25.1. The molecule has 4 aromatic rings. The van der Waals surface area contributed by atoms with E-state index in [9.17, 15) is 9.59 Å². The molecular formula is C26H21BrO8. The van der Waals surface area contributed by atoms with E-state index >= 15 is 0 Å². The second-order valence-corrected chi connectivity index (χ2v) is 8.09. The number of hydrogen-bond acceptors (Lipinski definition) is 8. The van der Waals surface area contributed by atoms with Crippen LogP contribution < -0.4 is 29.1 Å². The Morgan fingerprint density at radius 3 is 2.20 bits per heavy atom. The second kappa shape index (κ2) is 10.1. The number of esters is 1. The highest BCUT2D eigenvalue weighted by molar-refractivity contribution is 9.10. The lowest BCUT2D eigenvalue weighted by molar-refractivity contribution is 0.0731. The first kappa shape index (κ1) is 24.2. The molecule has 0 saturated carbocycles. The van der Waals surface area contributed by atoms with E-state index in [1.807, 2.05) is 0 Å². The van der Waals surface area contributed by atoms with Gasteiger partial charge in [0.05, 0.1) is 43.9 Å². The molecular weight excluding hydrogens is 520 g/mol. The van der Waals surface area contributed by atoms with E-state index in [2.05, 4.69) is 15.9 Å². The quantitative estimate of drug-likeness (QED) is 0.284. The number of benzene rings is 3. The molecule has 0 radical (unpaired) electrons. The van der Waals surface area contributed by atoms with Gasteiger partial charge in [0.2, 0.25) is 11.2 Å². The first-order chi connectivity index (χ1) is 16.9. The summed E-state index contributed by atoms with van der Waals surface area (Å²) in [5.41, 5.74) is 0.438. The van der Waals surface area contributed by atoms with Gasteiger partial charge in [-0.05, 0) is 58.4 Å². The van der Waals surface area contributed by atoms with Crippen LogP contribution in [0.2, 0.25) is 0 Å². The summed E-state index contributed by atoms with van der Waals surface area (Å²) >= 11 is 3.45. The number of hydrogen-bond donors (Lipinski definition) is 0. The SMILES string of the molecule is COc1ccc(C(=O)Oc2c(-c3cc(Br)c(OC)c(OC)c3)oc3ccccc3c2=O)cc1OC. The van der Waals surface area contributed by atoms with Gasteiger partial charge in [-0.3, -0.25) is 4.79 Å². The van der Waals surface area contributed by atoms with Gasteiger partial charge in [-0.2, -0.15) is 0 Å². The van der Waals surface area contributed by atoms with Crippen molar-refractivity contribution in [2.45, 2.75) is 0 Å². The van der Waals surface area contributed by atoms with E-state index in [4.69, 9.17) is 28.1 Å². The lowest BCUT2D eigenvalue weighted by Gasteiger charge is -2.14. The Morgan fingerprint density at radius 2 is 1.51 bits per heavy atom. The van der Waals surface area contributed by atoms with Crippen molar-refractivity contribution in [3.05, 3.63) is 74.9 Å². The molecule has 35 heavy (non-hydrogen) atoms. The van der Waals surface area contributed by atoms with E-state index in [1.165, 1.54) is 40.6 Å². The maximum absolute atomic E-state index is 13.4. The highest BCUT2D eigenvalue weighted by Crippen LogP contribution is 2.42. The third-order valence-electron chi connectivity index (χ3n) is 5.27. The first-order valence-electron chi connectivity index (χ1n) is 10.3. The number of halogens is 1. The van der Waals surface area contributed by atoms with Gasteiger partial charge in [-0.1, -0.05) is 12.1 Å². The van der Waals surface area contributed by atoms with Crippen LogP contribution in [-0.2, 0) is 0 Å². The average molecular weight is 541 g/mol. The summed E-state index contributed by atoms with van der Waals surface area (Å²) in [5, 5.41) is 0.269. The molecule has 1 heterocycles. The van der Waals surface area contributed by atoms with Crippen LogP contribution in [0.5, 0.6) is 28.7 Å². The van der Waals surface area contributed by atoms with Gasteiger partial charge < -0.3 is 28.1 Å². The molecule has 180 valence electrons. The monoisotopic (exact) mass is 540 g/mol. The molecule has 4 rings (SSSR count). The van der Waals surface area contributed by atoms with Gasteiger partial charge in [0.1, 0.15) is 5.58 Å². The molecule has 0 bridgehead atoms. The van der Waals surface area contributed by atoms with Crippen molar-refractivity contribution in [2.24, 2.45) is 0 Å². The van der Waals surface area contributed by atoms with Crippen LogP contribution in [0.4, 0.5) is 0 Å². The lowest BCUT2D eigenvalue weighted by Crippen LogP contribution is -2.16. The third-order valence-corrected chi connectivity index (χ3v) is 5.85. The van der Waals surface area contributed by atoms with E-state index in [-0.39, 0.29) is 22.5 Å². The summed E-state index contributed by atoms with van der Waals surface area (Å²) in [6, 6.07) is 14.6. The molecule has 0 fully saturated rings. The Balaban J connectivity index is 1.89. The standard InChI is InChI=1S/C26H21BrO8/c1-30-19-10-9-14(12-20(19)31-2)26(29)35-25-22(28)16-7-5-6-8-18(16)34-23(25)15-11-17(27)24(33-4)21(13-15)32-3/h5-13H,1-4H3. The molecule has 8 nitrogen and oxygen atoms in total. The van der Waals surface area contributed by atoms with Crippen LogP contribution >= 0.6 is 15.9 Å². The minimum atomic E-state index is -0.769. The van der Waals surface area contributed by atoms with E-state index < -0.39 is 11.4 Å². The molecule has 0 N–H and O–H groups in total. The summed E-state index contributed by atoms with van der Waals surface area (Å²) in [7, 11) is 5.94. The summed E-state index contributed by atoms with van der Waals surface area (Å²) < 4.78 is 33.5. The van der Waals surface area contributed by atoms with Crippen LogP contribution in [0.15, 0.2) is 68.3 Å². The van der Waals surface area contributed by atoms with E-state index in [0.29, 0.717) is 38.6 Å². The molecule has 9 heteroatoms. The second-order valence-electron chi connectivity index (χ2n) is 7.24. The predicted octanol–water partition coefficient (Wildman–Crippen LogP) is 5.48. The maximum Gasteiger partial charge on any atom is 0.343 e. The number of carbonyl (C=O) groups is 1. The summed E-state index contributed by atoms with van der Waals surface area (Å²) in [5.74, 6) is 0.677. The molecule has 0 aliphatic carbocycles. The molecule has 0 aliphatic rings. The van der Waals surface area contributed by atoms with Gasteiger partial charge in [0, 0.05) is 5.56 Å². The Morgan fingerprint density at radius 1 is 0.800 bits per heavy atom. The molecule has 0 saturated heterocycles. The Kier molecular flexibility index (Phi) is 6.97. The van der Waals surface area contributed by atoms with Crippen molar-refractivity contribution >= 4 is 32.9 Å². The number of ether oxygens (including phenoxy) is 5. The maximum atomic E-state index is 13.4. The zero-order valence-corrected chi connectivity index (χ0v) is 20.9. The smallest absolute Gasteiger partial charge is 0.343 e. The minimum absolute atomic E-state index is 0.0594. The molecule has 0 amide bonds. The average Bonchev–Trinajstić information content (AvgIpc) is 2.89. The molecule has 0 unspecified atom stereocenters. The number of methoxy groups -OCH3 is 4. The number of para-hydroxylation sites is 1. The molecule has 0 spiro atoms. The number of rotatable bonds is 7. The van der Waals surface area contributed by atoms with Crippen molar-refractivity contribution in [1.29, 1.82) is 0 Å². The van der Waals surface area contributed by atoms with Crippen LogP contribution in [0.25, 0.3) is 22.3 Å². The van der Waals surface area contributed by atoms with Crippen LogP contribution in [0.1, 0.15) is 10.4 Å². The summed E-state index contributed by atoms with van der Waals surface area (Å²) in [4.78, 5) is 26.5. The minimum Gasteiger partial charge on any atom is -0.493 e. The fraction of sp³-hybridized carbons (Fsp3) is 0.154. The molecule has 3 aromatic carbocycles. The number of carbonyl (C=O) groups excluding carboxylic acids is 1. The van der Waals surface area contributed by atoms with Crippen LogP contribution in [0, 0.1) is 0 Å². The Labute approximate surface area is 209 Å². The molecule has 0 aliphatic heterocycles. The van der Waals surface area contributed by atoms with Crippen molar-refractivity contribution in [1.82, 2.24) is 0 Å². The largest absolute Gasteiger partial charge is 0.493 e. The Hall–Kier alpha value is -3.98. The van der Waals surface area contributed by atoms with Crippen molar-refractivity contribution < 1.29 is 32.9 Å². The summed E-state index contributed by atoms with van der Waals surface area (Å²) in [6.45, 7) is 0. The fourth-order valence-corrected chi connectivity index (χ4v) is 4.18. The van der Waals surface area contributed by atoms with Crippen LogP contribution in [0.3, 0.4) is 0 Å². The number of fused-ring (bicyclic) bond motifs is 1. The van der Waals surface area contributed by atoms with Gasteiger partial charge in [0.25, 0.3) is 0 Å². The molecule has 1 aromatic heterocycles. The highest BCUT2D eigenvalue weighted by atomic mass is 79.9. The zero-order valence-electron chi connectivity index (χ0n) is 19.3. The fourth-order valence-electron chi connectivity index (χ4n) is 3.57. The van der Waals surface area contributed by atoms with Crippen molar-refractivity contribution in [2.75, 3.05) is 28.4 Å². The Bertz CT molecular complexity index is 1470. The van der Waals surface area contributed by atoms with E-state index in [0.717, 1.165) is 0 Å². The van der Waals surface area contributed by atoms with Crippen LogP contribution in [-0.4, -0.2) is 34.4 Å².